The molecule has 9 nitrogen and oxygen atoms in total. The summed E-state index contributed by atoms with van der Waals surface area (Å²) in [7, 11) is 0. The zero-order valence-electron chi connectivity index (χ0n) is 9.66. The van der Waals surface area contributed by atoms with Gasteiger partial charge >= 0.3 is 0 Å². The first-order valence-electron chi connectivity index (χ1n) is 5.33. The Labute approximate surface area is 106 Å². The number of hydrogen-bond acceptors (Lipinski definition) is 6. The molecule has 0 saturated carbocycles. The van der Waals surface area contributed by atoms with E-state index in [0.29, 0.717) is 11.0 Å². The highest BCUT2D eigenvalue weighted by molar-refractivity contribution is 5.81. The number of nitrogens with zero attached hydrogens (tertiary/aromatic N) is 2. The third kappa shape index (κ3) is 2.77. The first kappa shape index (κ1) is 12.8. The van der Waals surface area contributed by atoms with Gasteiger partial charge in [-0.3, -0.25) is 14.9 Å². The fourth-order valence-electron chi connectivity index (χ4n) is 1.49. The summed E-state index contributed by atoms with van der Waals surface area (Å²) in [6, 6.07) is 4.18. The molecule has 19 heavy (non-hydrogen) atoms. The van der Waals surface area contributed by atoms with Gasteiger partial charge in [0.25, 0.3) is 5.69 Å². The van der Waals surface area contributed by atoms with Gasteiger partial charge in [-0.1, -0.05) is 0 Å². The molecule has 2 aromatic rings. The molecule has 2 rings (SSSR count). The number of fused-ring (bicyclic) bond motifs is 1. The highest BCUT2D eigenvalue weighted by Crippen LogP contribution is 2.20. The number of aliphatic hydroxyl groups is 1. The molecule has 0 aliphatic heterocycles. The summed E-state index contributed by atoms with van der Waals surface area (Å²) in [5, 5.41) is 22.5. The molecule has 0 aliphatic carbocycles. The molecule has 0 bridgehead atoms. The Balaban J connectivity index is 2.17. The van der Waals surface area contributed by atoms with Crippen LogP contribution in [0, 0.1) is 10.1 Å². The maximum atomic E-state index is 10.6. The van der Waals surface area contributed by atoms with Gasteiger partial charge in [0.2, 0.25) is 11.9 Å². The Morgan fingerprint density at radius 2 is 2.37 bits per heavy atom. The second-order valence-corrected chi connectivity index (χ2v) is 3.84. The number of nitro benzene ring substituents is 1. The minimum Gasteiger partial charge on any atom is -0.381 e. The van der Waals surface area contributed by atoms with Crippen molar-refractivity contribution in [3.8, 4) is 0 Å². The van der Waals surface area contributed by atoms with Crippen molar-refractivity contribution in [2.24, 2.45) is 5.73 Å². The molecule has 1 heterocycles. The van der Waals surface area contributed by atoms with Crippen molar-refractivity contribution in [3.05, 3.63) is 28.3 Å². The third-order valence-corrected chi connectivity index (χ3v) is 2.47. The van der Waals surface area contributed by atoms with E-state index in [2.05, 4.69) is 15.3 Å². The topological polar surface area (TPSA) is 147 Å². The average Bonchev–Trinajstić information content (AvgIpc) is 2.77. The Hall–Kier alpha value is -2.68. The van der Waals surface area contributed by atoms with E-state index in [-0.39, 0.29) is 18.2 Å². The summed E-state index contributed by atoms with van der Waals surface area (Å²) in [4.78, 5) is 27.6. The van der Waals surface area contributed by atoms with Crippen molar-refractivity contribution in [3.63, 3.8) is 0 Å². The van der Waals surface area contributed by atoms with E-state index >= 15 is 0 Å². The van der Waals surface area contributed by atoms with Crippen LogP contribution in [0.5, 0.6) is 0 Å². The number of aliphatic hydroxyl groups excluding tert-OH is 1. The normalized spacial score (nSPS) is 12.3. The number of aromatic amines is 1. The lowest BCUT2D eigenvalue weighted by molar-refractivity contribution is -0.384. The Morgan fingerprint density at radius 3 is 3.00 bits per heavy atom. The third-order valence-electron chi connectivity index (χ3n) is 2.47. The number of imidazole rings is 1. The number of carbonyl (C=O) groups is 1. The van der Waals surface area contributed by atoms with Crippen LogP contribution >= 0.6 is 0 Å². The monoisotopic (exact) mass is 265 g/mol. The van der Waals surface area contributed by atoms with E-state index in [0.717, 1.165) is 0 Å². The summed E-state index contributed by atoms with van der Waals surface area (Å²) >= 11 is 0. The lowest BCUT2D eigenvalue weighted by Gasteiger charge is -2.06. The number of carbonyl (C=O) groups excluding carboxylic acids is 1. The smallest absolute Gasteiger partial charge is 0.271 e. The first-order valence-corrected chi connectivity index (χ1v) is 5.33. The van der Waals surface area contributed by atoms with Gasteiger partial charge in [-0.15, -0.1) is 0 Å². The van der Waals surface area contributed by atoms with Crippen molar-refractivity contribution in [1.82, 2.24) is 9.97 Å². The molecule has 1 aromatic heterocycles. The van der Waals surface area contributed by atoms with Crippen LogP contribution < -0.4 is 11.1 Å². The maximum absolute atomic E-state index is 10.6. The van der Waals surface area contributed by atoms with E-state index in [9.17, 15) is 20.0 Å². The number of hydrogen-bond donors (Lipinski definition) is 4. The fraction of sp³-hybridized carbons (Fsp3) is 0.200. The molecule has 0 aliphatic rings. The number of benzene rings is 1. The van der Waals surface area contributed by atoms with E-state index in [1.165, 1.54) is 18.2 Å². The molecule has 0 saturated heterocycles. The van der Waals surface area contributed by atoms with Gasteiger partial charge in [-0.25, -0.2) is 4.98 Å². The summed E-state index contributed by atoms with van der Waals surface area (Å²) < 4.78 is 0. The maximum Gasteiger partial charge on any atom is 0.271 e. The van der Waals surface area contributed by atoms with E-state index in [1.54, 1.807) is 0 Å². The van der Waals surface area contributed by atoms with Crippen molar-refractivity contribution in [2.45, 2.75) is 6.10 Å². The fourth-order valence-corrected chi connectivity index (χ4v) is 1.49. The van der Waals surface area contributed by atoms with Gasteiger partial charge in [0.05, 0.1) is 22.5 Å². The number of non-ortho nitro benzene ring substituents is 1. The zero-order valence-corrected chi connectivity index (χ0v) is 9.66. The minimum absolute atomic E-state index is 0.0557. The Morgan fingerprint density at radius 1 is 1.63 bits per heavy atom. The lowest BCUT2D eigenvalue weighted by Crippen LogP contribution is -2.34. The number of nitrogens with one attached hydrogen (secondary N) is 2. The van der Waals surface area contributed by atoms with Crippen molar-refractivity contribution in [1.29, 1.82) is 0 Å². The highest BCUT2D eigenvalue weighted by Gasteiger charge is 2.12. The van der Waals surface area contributed by atoms with E-state index in [1.807, 2.05) is 0 Å². The van der Waals surface area contributed by atoms with Crippen LogP contribution in [0.2, 0.25) is 0 Å². The van der Waals surface area contributed by atoms with Gasteiger partial charge in [0.1, 0.15) is 6.10 Å². The van der Waals surface area contributed by atoms with Crippen LogP contribution in [0.1, 0.15) is 0 Å². The largest absolute Gasteiger partial charge is 0.381 e. The first-order chi connectivity index (χ1) is 8.97. The number of amides is 1. The number of primary amides is 1. The number of rotatable bonds is 5. The average molecular weight is 265 g/mol. The molecular formula is C10H11N5O4. The van der Waals surface area contributed by atoms with Crippen LogP contribution in [-0.2, 0) is 4.79 Å². The SMILES string of the molecule is NC(=O)C(O)CNc1nc2ccc([N+](=O)[O-])cc2[nH]1. The number of nitrogens with two attached hydrogens (primary N) is 1. The molecule has 1 unspecified atom stereocenters. The summed E-state index contributed by atoms with van der Waals surface area (Å²) in [6.45, 7) is -0.1000. The molecule has 5 N–H and O–H groups in total. The molecule has 0 radical (unpaired) electrons. The molecule has 1 atom stereocenters. The van der Waals surface area contributed by atoms with Crippen molar-refractivity contribution >= 4 is 28.6 Å². The van der Waals surface area contributed by atoms with Gasteiger partial charge in [-0.05, 0) is 6.07 Å². The quantitative estimate of drug-likeness (QED) is 0.432. The predicted octanol–water partition coefficient (Wildman–Crippen LogP) is -0.271. The van der Waals surface area contributed by atoms with Crippen LogP contribution in [0.25, 0.3) is 11.0 Å². The summed E-state index contributed by atoms with van der Waals surface area (Å²) in [6.07, 6.45) is -1.33. The lowest BCUT2D eigenvalue weighted by atomic mass is 10.3. The Bertz CT molecular complexity index is 638. The molecule has 9 heteroatoms. The Kier molecular flexibility index (Phi) is 3.29. The van der Waals surface area contributed by atoms with Crippen LogP contribution in [-0.4, -0.2) is 38.6 Å². The van der Waals surface area contributed by atoms with Crippen molar-refractivity contribution < 1.29 is 14.8 Å². The van der Waals surface area contributed by atoms with Crippen LogP contribution in [0.3, 0.4) is 0 Å². The second-order valence-electron chi connectivity index (χ2n) is 3.84. The number of anilines is 1. The van der Waals surface area contributed by atoms with E-state index < -0.39 is 16.9 Å². The van der Waals surface area contributed by atoms with Gasteiger partial charge in [-0.2, -0.15) is 0 Å². The second kappa shape index (κ2) is 4.90. The van der Waals surface area contributed by atoms with Gasteiger partial charge in [0.15, 0.2) is 0 Å². The van der Waals surface area contributed by atoms with E-state index in [4.69, 9.17) is 5.73 Å². The summed E-state index contributed by atoms with van der Waals surface area (Å²) in [5.41, 5.74) is 5.84. The molecular weight excluding hydrogens is 254 g/mol. The number of aromatic nitrogens is 2. The van der Waals surface area contributed by atoms with Gasteiger partial charge < -0.3 is 21.1 Å². The number of H-pyrrole nitrogens is 1. The van der Waals surface area contributed by atoms with Gasteiger partial charge in [0, 0.05) is 12.1 Å². The highest BCUT2D eigenvalue weighted by atomic mass is 16.6. The summed E-state index contributed by atoms with van der Waals surface area (Å²) in [5.74, 6) is -0.560. The molecule has 1 aromatic carbocycles. The predicted molar refractivity (Wildman–Crippen MR) is 66.4 cm³/mol. The zero-order chi connectivity index (χ0) is 14.0. The molecule has 0 spiro atoms. The molecule has 1 amide bonds. The van der Waals surface area contributed by atoms with Crippen LogP contribution in [0.4, 0.5) is 11.6 Å². The molecule has 0 fully saturated rings. The molecule has 100 valence electrons. The van der Waals surface area contributed by atoms with Crippen LogP contribution in [0.15, 0.2) is 18.2 Å². The standard InChI is InChI=1S/C10H11N5O4/c11-9(17)8(16)4-12-10-13-6-2-1-5(15(18)19)3-7(6)14-10/h1-3,8,16H,4H2,(H2,11,17)(H2,12,13,14). The number of nitro groups is 1. The van der Waals surface area contributed by atoms with Crippen molar-refractivity contribution in [2.75, 3.05) is 11.9 Å². The minimum atomic E-state index is -1.33.